The molecule has 5 rings (SSSR count). The first-order valence-electron chi connectivity index (χ1n) is 9.78. The number of benzene rings is 1. The molecule has 0 unspecified atom stereocenters. The maximum atomic E-state index is 12.6. The third kappa shape index (κ3) is 2.73. The van der Waals surface area contributed by atoms with Gasteiger partial charge in [0.05, 0.1) is 11.2 Å². The number of rotatable bonds is 2. The normalized spacial score (nSPS) is 15.8. The predicted molar refractivity (Wildman–Crippen MR) is 118 cm³/mol. The lowest BCUT2D eigenvalue weighted by molar-refractivity contribution is 0.0693. The minimum Gasteiger partial charge on any atom is -0.477 e. The van der Waals surface area contributed by atoms with Crippen LogP contribution in [0.1, 0.15) is 42.7 Å². The first kappa shape index (κ1) is 18.8. The van der Waals surface area contributed by atoms with Crippen molar-refractivity contribution >= 4 is 28.4 Å². The molecule has 0 bridgehead atoms. The highest BCUT2D eigenvalue weighted by Gasteiger charge is 2.34. The van der Waals surface area contributed by atoms with Gasteiger partial charge in [-0.2, -0.15) is 0 Å². The van der Waals surface area contributed by atoms with Gasteiger partial charge in [0.1, 0.15) is 5.56 Å². The molecule has 1 aliphatic rings. The monoisotopic (exact) mass is 419 g/mol. The number of carboxylic acids is 1. The summed E-state index contributed by atoms with van der Waals surface area (Å²) in [7, 11) is 0. The molecule has 4 aromatic rings. The van der Waals surface area contributed by atoms with E-state index in [-0.39, 0.29) is 17.0 Å². The smallest absolute Gasteiger partial charge is 0.341 e. The van der Waals surface area contributed by atoms with Gasteiger partial charge < -0.3 is 14.7 Å². The molecule has 1 atom stereocenters. The van der Waals surface area contributed by atoms with Crippen molar-refractivity contribution in [3.05, 3.63) is 63.5 Å². The van der Waals surface area contributed by atoms with Crippen LogP contribution in [0.2, 0.25) is 0 Å². The molecule has 1 aliphatic heterocycles. The molecule has 0 amide bonds. The summed E-state index contributed by atoms with van der Waals surface area (Å²) in [6, 6.07) is 5.68. The molecule has 30 heavy (non-hydrogen) atoms. The SMILES string of the molecule is CC(C)(C)[C@@H]1Cc2c(cc(-c3cnsc3)c3[nH]ccc23)-c2cc(=O)c(C(=O)O)cn21. The average molecular weight is 420 g/mol. The maximum absolute atomic E-state index is 12.6. The Bertz CT molecular complexity index is 1360. The van der Waals surface area contributed by atoms with Gasteiger partial charge in [0.25, 0.3) is 0 Å². The molecule has 7 heteroatoms. The van der Waals surface area contributed by atoms with E-state index < -0.39 is 11.4 Å². The van der Waals surface area contributed by atoms with Crippen molar-refractivity contribution in [2.75, 3.05) is 0 Å². The summed E-state index contributed by atoms with van der Waals surface area (Å²) in [4.78, 5) is 27.6. The van der Waals surface area contributed by atoms with Crippen LogP contribution >= 0.6 is 11.5 Å². The molecule has 3 aromatic heterocycles. The molecular weight excluding hydrogens is 398 g/mol. The Kier molecular flexibility index (Phi) is 4.02. The van der Waals surface area contributed by atoms with E-state index in [1.165, 1.54) is 29.4 Å². The number of carbonyl (C=O) groups is 1. The molecule has 0 saturated carbocycles. The van der Waals surface area contributed by atoms with Crippen LogP contribution in [0.25, 0.3) is 33.3 Å². The molecule has 0 saturated heterocycles. The third-order valence-electron chi connectivity index (χ3n) is 6.02. The predicted octanol–water partition coefficient (Wildman–Crippen LogP) is 4.96. The first-order valence-corrected chi connectivity index (χ1v) is 10.6. The van der Waals surface area contributed by atoms with Gasteiger partial charge in [-0.25, -0.2) is 9.17 Å². The van der Waals surface area contributed by atoms with E-state index in [2.05, 4.69) is 42.3 Å². The Morgan fingerprint density at radius 1 is 1.30 bits per heavy atom. The summed E-state index contributed by atoms with van der Waals surface area (Å²) in [6.45, 7) is 6.43. The van der Waals surface area contributed by atoms with Gasteiger partial charge in [-0.05, 0) is 41.1 Å². The van der Waals surface area contributed by atoms with Gasteiger partial charge in [-0.3, -0.25) is 4.79 Å². The van der Waals surface area contributed by atoms with E-state index in [4.69, 9.17) is 0 Å². The quantitative estimate of drug-likeness (QED) is 0.481. The molecule has 0 spiro atoms. The number of pyridine rings is 1. The minimum atomic E-state index is -1.19. The van der Waals surface area contributed by atoms with Crippen molar-refractivity contribution in [1.29, 1.82) is 0 Å². The van der Waals surface area contributed by atoms with Crippen LogP contribution in [0.5, 0.6) is 0 Å². The Balaban J connectivity index is 1.88. The fraction of sp³-hybridized carbons (Fsp3) is 0.261. The highest BCUT2D eigenvalue weighted by atomic mass is 32.1. The molecule has 0 aliphatic carbocycles. The van der Waals surface area contributed by atoms with Crippen LogP contribution in [0.4, 0.5) is 0 Å². The van der Waals surface area contributed by atoms with Crippen LogP contribution in [0.15, 0.2) is 47.0 Å². The molecular formula is C23H21N3O3S. The summed E-state index contributed by atoms with van der Waals surface area (Å²) in [5, 5.41) is 12.6. The van der Waals surface area contributed by atoms with Crippen molar-refractivity contribution in [2.45, 2.75) is 33.2 Å². The standard InChI is InChI=1S/C23H21N3O3S/c1-23(2,3)20-7-15-13-4-5-24-21(13)14(12-9-25-30-11-12)6-16(15)18-8-19(27)17(22(28)29)10-26(18)20/h4-6,8-11,20,24H,7H2,1-3H3,(H,28,29)/t20-/m0/s1. The molecule has 0 fully saturated rings. The summed E-state index contributed by atoms with van der Waals surface area (Å²) >= 11 is 1.40. The third-order valence-corrected chi connectivity index (χ3v) is 6.60. The average Bonchev–Trinajstić information content (AvgIpc) is 3.37. The fourth-order valence-corrected chi connectivity index (χ4v) is 5.04. The Morgan fingerprint density at radius 3 is 2.77 bits per heavy atom. The summed E-state index contributed by atoms with van der Waals surface area (Å²) in [5.74, 6) is -1.19. The van der Waals surface area contributed by atoms with Gasteiger partial charge in [-0.15, -0.1) is 0 Å². The lowest BCUT2D eigenvalue weighted by Crippen LogP contribution is -2.32. The summed E-state index contributed by atoms with van der Waals surface area (Å²) in [5.41, 5.74) is 5.22. The van der Waals surface area contributed by atoms with Crippen LogP contribution in [-0.4, -0.2) is 25.0 Å². The number of hydrogen-bond acceptors (Lipinski definition) is 4. The van der Waals surface area contributed by atoms with E-state index in [0.717, 1.165) is 39.7 Å². The first-order chi connectivity index (χ1) is 14.3. The second kappa shape index (κ2) is 6.40. The van der Waals surface area contributed by atoms with E-state index in [1.807, 2.05) is 22.3 Å². The highest BCUT2D eigenvalue weighted by molar-refractivity contribution is 7.03. The fourth-order valence-electron chi connectivity index (χ4n) is 4.51. The summed E-state index contributed by atoms with van der Waals surface area (Å²) in [6.07, 6.45) is 6.06. The number of hydrogen-bond donors (Lipinski definition) is 2. The Morgan fingerprint density at radius 2 is 2.10 bits per heavy atom. The van der Waals surface area contributed by atoms with Crippen LogP contribution < -0.4 is 5.43 Å². The van der Waals surface area contributed by atoms with Gasteiger partial charge >= 0.3 is 5.97 Å². The number of nitrogens with zero attached hydrogens (tertiary/aromatic N) is 2. The zero-order valence-electron chi connectivity index (χ0n) is 16.9. The van der Waals surface area contributed by atoms with Crippen molar-refractivity contribution in [3.8, 4) is 22.4 Å². The lowest BCUT2D eigenvalue weighted by Gasteiger charge is -2.39. The topological polar surface area (TPSA) is 88.0 Å². The maximum Gasteiger partial charge on any atom is 0.341 e. The molecule has 4 heterocycles. The van der Waals surface area contributed by atoms with Crippen molar-refractivity contribution in [3.63, 3.8) is 0 Å². The van der Waals surface area contributed by atoms with Crippen molar-refractivity contribution in [1.82, 2.24) is 13.9 Å². The number of fused-ring (bicyclic) bond motifs is 5. The van der Waals surface area contributed by atoms with E-state index in [9.17, 15) is 14.7 Å². The van der Waals surface area contributed by atoms with E-state index in [0.29, 0.717) is 0 Å². The number of carboxylic acid groups (broad SMARTS) is 1. The van der Waals surface area contributed by atoms with Crippen LogP contribution in [0, 0.1) is 5.41 Å². The number of aromatic nitrogens is 3. The molecule has 1 aromatic carbocycles. The summed E-state index contributed by atoms with van der Waals surface area (Å²) < 4.78 is 6.23. The number of aromatic carboxylic acids is 1. The van der Waals surface area contributed by atoms with Gasteiger partial charge in [0.2, 0.25) is 0 Å². The largest absolute Gasteiger partial charge is 0.477 e. The molecule has 6 nitrogen and oxygen atoms in total. The Hall–Kier alpha value is -3.19. The molecule has 2 N–H and O–H groups in total. The minimum absolute atomic E-state index is 0.0189. The van der Waals surface area contributed by atoms with E-state index >= 15 is 0 Å². The second-order valence-corrected chi connectivity index (χ2v) is 9.52. The van der Waals surface area contributed by atoms with Gasteiger partial charge in [0.15, 0.2) is 5.43 Å². The van der Waals surface area contributed by atoms with E-state index in [1.54, 1.807) is 0 Å². The van der Waals surface area contributed by atoms with Gasteiger partial charge in [0, 0.05) is 58.2 Å². The van der Waals surface area contributed by atoms with Gasteiger partial charge in [-0.1, -0.05) is 20.8 Å². The van der Waals surface area contributed by atoms with Crippen molar-refractivity contribution in [2.24, 2.45) is 5.41 Å². The highest BCUT2D eigenvalue weighted by Crippen LogP contribution is 2.46. The molecule has 152 valence electrons. The number of aromatic amines is 1. The van der Waals surface area contributed by atoms with Crippen molar-refractivity contribution < 1.29 is 9.90 Å². The Labute approximate surface area is 177 Å². The lowest BCUT2D eigenvalue weighted by atomic mass is 9.77. The zero-order chi connectivity index (χ0) is 21.2. The second-order valence-electron chi connectivity index (χ2n) is 8.86. The van der Waals surface area contributed by atoms with Crippen LogP contribution in [-0.2, 0) is 6.42 Å². The number of H-pyrrole nitrogens is 1. The van der Waals surface area contributed by atoms with Crippen LogP contribution in [0.3, 0.4) is 0 Å². The number of nitrogens with one attached hydrogen (secondary N) is 1. The molecule has 0 radical (unpaired) electrons. The zero-order valence-corrected chi connectivity index (χ0v) is 17.7.